The van der Waals surface area contributed by atoms with Crippen molar-refractivity contribution in [1.29, 1.82) is 0 Å². The predicted octanol–water partition coefficient (Wildman–Crippen LogP) is 15.7. The highest BCUT2D eigenvalue weighted by atomic mass is 16.3. The first-order chi connectivity index (χ1) is 28.3. The summed E-state index contributed by atoms with van der Waals surface area (Å²) in [5, 5.41) is 13.0. The maximum absolute atomic E-state index is 6.90. The molecule has 57 heavy (non-hydrogen) atoms. The minimum absolute atomic E-state index is 0.638. The van der Waals surface area contributed by atoms with Gasteiger partial charge < -0.3 is 4.42 Å². The topological polar surface area (TPSA) is 13.1 Å². The number of rotatable bonds is 4. The zero-order valence-corrected chi connectivity index (χ0v) is 31.9. The van der Waals surface area contributed by atoms with E-state index in [0.29, 0.717) is 5.92 Å². The average Bonchev–Trinajstić information content (AvgIpc) is 3.65. The van der Waals surface area contributed by atoms with Crippen molar-refractivity contribution in [3.05, 3.63) is 169 Å². The maximum Gasteiger partial charge on any atom is 0.136 e. The summed E-state index contributed by atoms with van der Waals surface area (Å²) in [6.45, 7) is 0. The Balaban J connectivity index is 1.13. The van der Waals surface area contributed by atoms with Crippen molar-refractivity contribution in [2.24, 2.45) is 23.7 Å². The lowest BCUT2D eigenvalue weighted by Gasteiger charge is -2.55. The Kier molecular flexibility index (Phi) is 6.82. The highest BCUT2D eigenvalue weighted by Gasteiger charge is 2.49. The van der Waals surface area contributed by atoms with E-state index in [0.717, 1.165) is 34.8 Å². The van der Waals surface area contributed by atoms with Gasteiger partial charge in [0.2, 0.25) is 0 Å². The van der Waals surface area contributed by atoms with Crippen LogP contribution in [0.15, 0.2) is 168 Å². The molecule has 10 aromatic rings. The van der Waals surface area contributed by atoms with Crippen LogP contribution >= 0.6 is 0 Å². The summed E-state index contributed by atoms with van der Waals surface area (Å²) in [5.74, 6) is 4.15. The predicted molar refractivity (Wildman–Crippen MR) is 240 cm³/mol. The molecule has 0 atom stereocenters. The molecular weight excluding hydrogens is 689 g/mol. The molecule has 1 heteroatoms. The maximum atomic E-state index is 6.90. The van der Waals surface area contributed by atoms with Gasteiger partial charge in [-0.3, -0.25) is 0 Å². The molecule has 1 nitrogen and oxygen atoms in total. The molecule has 14 rings (SSSR count). The highest BCUT2D eigenvalue weighted by molar-refractivity contribution is 6.29. The molecule has 4 fully saturated rings. The van der Waals surface area contributed by atoms with Crippen LogP contribution in [-0.4, -0.2) is 0 Å². The van der Waals surface area contributed by atoms with Crippen LogP contribution in [0, 0.1) is 23.7 Å². The van der Waals surface area contributed by atoms with Gasteiger partial charge in [-0.25, -0.2) is 0 Å². The zero-order valence-electron chi connectivity index (χ0n) is 31.9. The minimum Gasteiger partial charge on any atom is -0.456 e. The first kappa shape index (κ1) is 32.0. The van der Waals surface area contributed by atoms with Crippen LogP contribution in [0.3, 0.4) is 0 Å². The van der Waals surface area contributed by atoms with Crippen molar-refractivity contribution in [2.75, 3.05) is 0 Å². The lowest BCUT2D eigenvalue weighted by molar-refractivity contribution is -0.00185. The third kappa shape index (κ3) is 4.57. The van der Waals surface area contributed by atoms with E-state index < -0.39 is 0 Å². The second kappa shape index (κ2) is 12.2. The molecule has 1 heterocycles. The Morgan fingerprint density at radius 1 is 0.333 bits per heavy atom. The number of hydrogen-bond acceptors (Lipinski definition) is 1. The molecule has 0 N–H and O–H groups in total. The Labute approximate surface area is 332 Å². The Morgan fingerprint density at radius 2 is 0.719 bits per heavy atom. The van der Waals surface area contributed by atoms with E-state index in [1.165, 1.54) is 119 Å². The Morgan fingerprint density at radius 3 is 1.18 bits per heavy atom. The van der Waals surface area contributed by atoms with E-state index in [2.05, 4.69) is 164 Å². The molecule has 0 saturated heterocycles. The van der Waals surface area contributed by atoms with Crippen molar-refractivity contribution in [3.63, 3.8) is 0 Å². The average molecular weight is 731 g/mol. The number of furan rings is 1. The van der Waals surface area contributed by atoms with Gasteiger partial charge in [-0.1, -0.05) is 152 Å². The first-order valence-corrected chi connectivity index (χ1v) is 21.2. The summed E-state index contributed by atoms with van der Waals surface area (Å²) in [6.07, 6.45) is 7.15. The molecule has 4 aliphatic rings. The summed E-state index contributed by atoms with van der Waals surface area (Å²) >= 11 is 0. The first-order valence-electron chi connectivity index (χ1n) is 21.2. The lowest BCUT2D eigenvalue weighted by Crippen LogP contribution is -2.43. The zero-order chi connectivity index (χ0) is 37.2. The molecule has 1 aromatic heterocycles. The molecule has 0 amide bonds. The van der Waals surface area contributed by atoms with Crippen LogP contribution in [0.1, 0.15) is 43.6 Å². The molecule has 0 spiro atoms. The van der Waals surface area contributed by atoms with E-state index in [1.54, 1.807) is 5.56 Å². The van der Waals surface area contributed by atoms with Crippen molar-refractivity contribution >= 4 is 65.0 Å². The summed E-state index contributed by atoms with van der Waals surface area (Å²) in [4.78, 5) is 0. The van der Waals surface area contributed by atoms with E-state index >= 15 is 0 Å². The van der Waals surface area contributed by atoms with Crippen LogP contribution < -0.4 is 0 Å². The summed E-state index contributed by atoms with van der Waals surface area (Å²) in [5.41, 5.74) is 11.1. The van der Waals surface area contributed by atoms with Crippen molar-refractivity contribution in [3.8, 4) is 33.4 Å². The standard InChI is InChI=1S/C56H42O/c1-2-14-35(15-3-1)51-38-16-4-6-18-40(38)52(41-19-7-5-17-39(41)51)46-24-12-26-48-55(46)56-47(25-13-27-49(56)57-48)53-42-20-8-10-22-44(42)54(45-23-11-9-21-43(45)53)50-36-29-33-28-34(31-36)32-37(50)30-33/h1-27,33-34,36-37,50H,28-32H2. The van der Waals surface area contributed by atoms with Crippen LogP contribution in [0.2, 0.25) is 0 Å². The van der Waals surface area contributed by atoms with Gasteiger partial charge in [0.15, 0.2) is 0 Å². The second-order valence-electron chi connectivity index (χ2n) is 17.5. The molecular formula is C56H42O. The monoisotopic (exact) mass is 730 g/mol. The van der Waals surface area contributed by atoms with E-state index in [1.807, 2.05) is 0 Å². The fourth-order valence-corrected chi connectivity index (χ4v) is 12.8. The molecule has 0 unspecified atom stereocenters. The van der Waals surface area contributed by atoms with E-state index in [9.17, 15) is 0 Å². The largest absolute Gasteiger partial charge is 0.456 e. The minimum atomic E-state index is 0.638. The van der Waals surface area contributed by atoms with Crippen molar-refractivity contribution < 1.29 is 4.42 Å². The van der Waals surface area contributed by atoms with Crippen molar-refractivity contribution in [1.82, 2.24) is 0 Å². The van der Waals surface area contributed by atoms with Gasteiger partial charge in [-0.05, 0) is 156 Å². The smallest absolute Gasteiger partial charge is 0.136 e. The molecule has 0 aliphatic heterocycles. The summed E-state index contributed by atoms with van der Waals surface area (Å²) < 4.78 is 6.90. The third-order valence-corrected chi connectivity index (χ3v) is 14.6. The van der Waals surface area contributed by atoms with E-state index in [-0.39, 0.29) is 0 Å². The quantitative estimate of drug-likeness (QED) is 0.164. The molecule has 272 valence electrons. The molecule has 0 radical (unpaired) electrons. The van der Waals surface area contributed by atoms with Crippen LogP contribution in [0.5, 0.6) is 0 Å². The lowest BCUT2D eigenvalue weighted by atomic mass is 9.50. The highest BCUT2D eigenvalue weighted by Crippen LogP contribution is 2.62. The van der Waals surface area contributed by atoms with Gasteiger partial charge in [0, 0.05) is 10.8 Å². The van der Waals surface area contributed by atoms with Gasteiger partial charge in [0.05, 0.1) is 0 Å². The van der Waals surface area contributed by atoms with Gasteiger partial charge >= 0.3 is 0 Å². The van der Waals surface area contributed by atoms with Crippen LogP contribution in [0.25, 0.3) is 98.4 Å². The summed E-state index contributed by atoms with van der Waals surface area (Å²) in [6, 6.07) is 61.0. The van der Waals surface area contributed by atoms with Crippen molar-refractivity contribution in [2.45, 2.75) is 38.0 Å². The van der Waals surface area contributed by atoms with Crippen LogP contribution in [0.4, 0.5) is 0 Å². The second-order valence-corrected chi connectivity index (χ2v) is 17.5. The summed E-state index contributed by atoms with van der Waals surface area (Å²) in [7, 11) is 0. The molecule has 9 aromatic carbocycles. The van der Waals surface area contributed by atoms with Gasteiger partial charge in [0.25, 0.3) is 0 Å². The normalized spacial score (nSPS) is 21.5. The van der Waals surface area contributed by atoms with Gasteiger partial charge in [-0.2, -0.15) is 0 Å². The third-order valence-electron chi connectivity index (χ3n) is 14.6. The van der Waals surface area contributed by atoms with E-state index in [4.69, 9.17) is 4.42 Å². The fraction of sp³-hybridized carbons (Fsp3) is 0.179. The van der Waals surface area contributed by atoms with Gasteiger partial charge in [0.1, 0.15) is 11.2 Å². The SMILES string of the molecule is c1ccc(-c2c3ccccc3c(-c3cccc4oc5cccc(-c6c7ccccc7c(C7C8CC9CC(C8)CC7C9)c7ccccc67)c5c34)c3ccccc23)cc1. The number of fused-ring (bicyclic) bond motifs is 7. The molecule has 4 aliphatic carbocycles. The van der Waals surface area contributed by atoms with Gasteiger partial charge in [-0.15, -0.1) is 0 Å². The molecule has 4 saturated carbocycles. The Hall–Kier alpha value is -6.18. The number of benzene rings is 9. The number of hydrogen-bond donors (Lipinski definition) is 0. The van der Waals surface area contributed by atoms with Crippen LogP contribution in [-0.2, 0) is 0 Å². The Bertz CT molecular complexity index is 3110. The fourth-order valence-electron chi connectivity index (χ4n) is 12.8. The molecule has 4 bridgehead atoms.